The van der Waals surface area contributed by atoms with Crippen molar-refractivity contribution in [3.8, 4) is 11.6 Å². The molecule has 1 amide bonds. The summed E-state index contributed by atoms with van der Waals surface area (Å²) in [5, 5.41) is 3.50. The summed E-state index contributed by atoms with van der Waals surface area (Å²) in [7, 11) is 0. The van der Waals surface area contributed by atoms with Gasteiger partial charge < -0.3 is 10.1 Å². The summed E-state index contributed by atoms with van der Waals surface area (Å²) in [6.45, 7) is 0. The maximum absolute atomic E-state index is 12.9. The topological polar surface area (TPSA) is 64.1 Å². The lowest BCUT2D eigenvalue weighted by Gasteiger charge is -2.30. The van der Waals surface area contributed by atoms with Crippen molar-refractivity contribution in [2.24, 2.45) is 0 Å². The van der Waals surface area contributed by atoms with E-state index in [0.29, 0.717) is 24.1 Å². The number of benzene rings is 1. The molecule has 1 saturated carbocycles. The number of nitrogens with one attached hydrogen (secondary N) is 1. The maximum Gasteiger partial charge on any atom is 0.270 e. The molecule has 8 heteroatoms. The van der Waals surface area contributed by atoms with Crippen LogP contribution in [0.3, 0.4) is 0 Å². The Labute approximate surface area is 158 Å². The van der Waals surface area contributed by atoms with Gasteiger partial charge >= 0.3 is 0 Å². The molecule has 1 aliphatic carbocycles. The number of alkyl halides is 3. The van der Waals surface area contributed by atoms with Gasteiger partial charge in [-0.2, -0.15) is 0 Å². The second-order valence-electron chi connectivity index (χ2n) is 6.62. The molecule has 2 aromatic heterocycles. The van der Waals surface area contributed by atoms with E-state index in [1.807, 2.05) is 0 Å². The summed E-state index contributed by atoms with van der Waals surface area (Å²) in [6, 6.07) is 10.9. The van der Waals surface area contributed by atoms with E-state index in [1.165, 1.54) is 12.1 Å². The third-order valence-corrected chi connectivity index (χ3v) is 4.54. The van der Waals surface area contributed by atoms with Crippen molar-refractivity contribution in [3.63, 3.8) is 0 Å². The molecule has 0 atom stereocenters. The van der Waals surface area contributed by atoms with Gasteiger partial charge in [-0.15, -0.1) is 0 Å². The molecule has 1 aliphatic rings. The highest BCUT2D eigenvalue weighted by atomic mass is 19.3. The highest BCUT2D eigenvalue weighted by Crippen LogP contribution is 2.26. The molecule has 2 heterocycles. The van der Waals surface area contributed by atoms with Crippen LogP contribution in [0.15, 0.2) is 48.7 Å². The highest BCUT2D eigenvalue weighted by molar-refractivity contribution is 5.95. The number of fused-ring (bicyclic) bond motifs is 1. The molecule has 0 unspecified atom stereocenters. The summed E-state index contributed by atoms with van der Waals surface area (Å²) < 4.78 is 43.6. The minimum atomic E-state index is -2.58. The fourth-order valence-electron chi connectivity index (χ4n) is 2.92. The fraction of sp³-hybridized carbons (Fsp3) is 0.250. The molecule has 0 spiro atoms. The van der Waals surface area contributed by atoms with Gasteiger partial charge in [0.2, 0.25) is 5.88 Å². The van der Waals surface area contributed by atoms with Crippen molar-refractivity contribution in [1.29, 1.82) is 0 Å². The summed E-state index contributed by atoms with van der Waals surface area (Å²) in [6.07, 6.45) is -1.67. The van der Waals surface area contributed by atoms with Crippen LogP contribution in [-0.2, 0) is 0 Å². The predicted molar refractivity (Wildman–Crippen MR) is 96.4 cm³/mol. The smallest absolute Gasteiger partial charge is 0.270 e. The largest absolute Gasteiger partial charge is 0.439 e. The van der Waals surface area contributed by atoms with Crippen molar-refractivity contribution < 1.29 is 22.7 Å². The summed E-state index contributed by atoms with van der Waals surface area (Å²) in [4.78, 5) is 20.4. The Balaban J connectivity index is 1.47. The maximum atomic E-state index is 12.9. The third kappa shape index (κ3) is 3.90. The first-order chi connectivity index (χ1) is 13.5. The first-order valence-corrected chi connectivity index (χ1v) is 8.75. The third-order valence-electron chi connectivity index (χ3n) is 4.54. The summed E-state index contributed by atoms with van der Waals surface area (Å²) in [5.74, 6) is 0.328. The van der Waals surface area contributed by atoms with Crippen LogP contribution in [0, 0.1) is 0 Å². The molecule has 0 radical (unpaired) electrons. The van der Waals surface area contributed by atoms with Gasteiger partial charge in [-0.3, -0.25) is 4.79 Å². The van der Waals surface area contributed by atoms with Crippen molar-refractivity contribution in [2.75, 3.05) is 0 Å². The van der Waals surface area contributed by atoms with E-state index in [0.717, 1.165) is 11.6 Å². The second-order valence-corrected chi connectivity index (χ2v) is 6.62. The number of aromatic nitrogens is 2. The zero-order valence-electron chi connectivity index (χ0n) is 14.6. The van der Waals surface area contributed by atoms with Crippen LogP contribution in [0.5, 0.6) is 11.6 Å². The van der Waals surface area contributed by atoms with Crippen LogP contribution >= 0.6 is 0 Å². The Hall–Kier alpha value is -3.16. The van der Waals surface area contributed by atoms with Gasteiger partial charge in [0.25, 0.3) is 12.3 Å². The molecule has 1 fully saturated rings. The van der Waals surface area contributed by atoms with E-state index in [1.54, 1.807) is 30.3 Å². The Kier molecular flexibility index (Phi) is 4.85. The minimum absolute atomic E-state index is 0.139. The Morgan fingerprint density at radius 3 is 2.64 bits per heavy atom. The molecule has 3 aromatic rings. The lowest BCUT2D eigenvalue weighted by atomic mass is 9.91. The standard InChI is InChI=1S/C20H16F3N3O2/c21-13-8-14(9-13)25-20(27)17-4-1-11-7-15(3-5-16(11)26-17)28-18-6-2-12(10-24-18)19(22)23/h1-7,10,13-14,19H,8-9H2,(H,25,27). The van der Waals surface area contributed by atoms with E-state index in [9.17, 15) is 18.0 Å². The molecular formula is C20H16F3N3O2. The van der Waals surface area contributed by atoms with Crippen LogP contribution in [0.1, 0.15) is 35.3 Å². The summed E-state index contributed by atoms with van der Waals surface area (Å²) in [5.41, 5.74) is 0.676. The molecule has 5 nitrogen and oxygen atoms in total. The number of ether oxygens (including phenoxy) is 1. The number of pyridine rings is 2. The van der Waals surface area contributed by atoms with E-state index in [2.05, 4.69) is 15.3 Å². The molecule has 4 rings (SSSR count). The summed E-state index contributed by atoms with van der Waals surface area (Å²) >= 11 is 0. The monoisotopic (exact) mass is 387 g/mol. The fourth-order valence-corrected chi connectivity index (χ4v) is 2.92. The van der Waals surface area contributed by atoms with Crippen molar-refractivity contribution in [1.82, 2.24) is 15.3 Å². The zero-order valence-corrected chi connectivity index (χ0v) is 14.6. The lowest BCUT2D eigenvalue weighted by molar-refractivity contribution is 0.0855. The minimum Gasteiger partial charge on any atom is -0.439 e. The zero-order chi connectivity index (χ0) is 19.7. The Morgan fingerprint density at radius 1 is 1.14 bits per heavy atom. The van der Waals surface area contributed by atoms with Gasteiger partial charge in [0.05, 0.1) is 5.52 Å². The molecule has 0 aliphatic heterocycles. The normalized spacial score (nSPS) is 18.7. The molecule has 144 valence electrons. The second kappa shape index (κ2) is 7.46. The van der Waals surface area contributed by atoms with Gasteiger partial charge in [0, 0.05) is 29.3 Å². The first kappa shape index (κ1) is 18.2. The molecule has 1 aromatic carbocycles. The lowest BCUT2D eigenvalue weighted by Crippen LogP contribution is -2.45. The number of nitrogens with zero attached hydrogens (tertiary/aromatic N) is 2. The van der Waals surface area contributed by atoms with E-state index >= 15 is 0 Å². The average Bonchev–Trinajstić information content (AvgIpc) is 2.66. The van der Waals surface area contributed by atoms with E-state index < -0.39 is 12.6 Å². The molecule has 28 heavy (non-hydrogen) atoms. The van der Waals surface area contributed by atoms with Crippen LogP contribution in [0.25, 0.3) is 10.9 Å². The van der Waals surface area contributed by atoms with Crippen molar-refractivity contribution in [3.05, 3.63) is 59.9 Å². The van der Waals surface area contributed by atoms with Gasteiger partial charge in [0.1, 0.15) is 17.6 Å². The number of hydrogen-bond acceptors (Lipinski definition) is 4. The molecule has 1 N–H and O–H groups in total. The van der Waals surface area contributed by atoms with E-state index in [-0.39, 0.29) is 29.1 Å². The molecular weight excluding hydrogens is 371 g/mol. The SMILES string of the molecule is O=C(NC1CC(F)C1)c1ccc2cc(Oc3ccc(C(F)F)cn3)ccc2n1. The van der Waals surface area contributed by atoms with Crippen LogP contribution in [0.4, 0.5) is 13.2 Å². The van der Waals surface area contributed by atoms with Crippen LogP contribution in [0.2, 0.25) is 0 Å². The van der Waals surface area contributed by atoms with Crippen LogP contribution < -0.4 is 10.1 Å². The predicted octanol–water partition coefficient (Wildman–Crippen LogP) is 4.59. The van der Waals surface area contributed by atoms with Gasteiger partial charge in [-0.1, -0.05) is 6.07 Å². The van der Waals surface area contributed by atoms with E-state index in [4.69, 9.17) is 4.74 Å². The van der Waals surface area contributed by atoms with Gasteiger partial charge in [-0.25, -0.2) is 23.1 Å². The average molecular weight is 387 g/mol. The first-order valence-electron chi connectivity index (χ1n) is 8.75. The molecule has 0 saturated heterocycles. The van der Waals surface area contributed by atoms with Crippen molar-refractivity contribution >= 4 is 16.8 Å². The van der Waals surface area contributed by atoms with Crippen LogP contribution in [-0.4, -0.2) is 28.1 Å². The van der Waals surface area contributed by atoms with Gasteiger partial charge in [0.15, 0.2) is 0 Å². The molecule has 0 bridgehead atoms. The Bertz CT molecular complexity index is 1010. The number of carbonyl (C=O) groups is 1. The quantitative estimate of drug-likeness (QED) is 0.696. The van der Waals surface area contributed by atoms with Gasteiger partial charge in [-0.05, 0) is 43.2 Å². The number of carbonyl (C=O) groups excluding carboxylic acids is 1. The highest BCUT2D eigenvalue weighted by Gasteiger charge is 2.30. The number of halogens is 3. The Morgan fingerprint density at radius 2 is 1.96 bits per heavy atom. The number of hydrogen-bond donors (Lipinski definition) is 1. The van der Waals surface area contributed by atoms with Crippen molar-refractivity contribution in [2.45, 2.75) is 31.5 Å². The number of rotatable bonds is 5. The number of amides is 1.